The summed E-state index contributed by atoms with van der Waals surface area (Å²) in [6, 6.07) is 21.8. The van der Waals surface area contributed by atoms with Crippen LogP contribution in [0.1, 0.15) is 22.3 Å². The molecule has 0 N–H and O–H groups in total. The van der Waals surface area contributed by atoms with Gasteiger partial charge in [0.1, 0.15) is 19.0 Å². The summed E-state index contributed by atoms with van der Waals surface area (Å²) in [7, 11) is 0. The van der Waals surface area contributed by atoms with E-state index >= 15 is 0 Å². The van der Waals surface area contributed by atoms with Crippen molar-refractivity contribution in [3.8, 4) is 11.8 Å². The number of benzene rings is 3. The number of hydrogen-bond acceptors (Lipinski definition) is 4. The Labute approximate surface area is 210 Å². The van der Waals surface area contributed by atoms with Crippen molar-refractivity contribution in [3.63, 3.8) is 0 Å². The van der Waals surface area contributed by atoms with E-state index in [2.05, 4.69) is 103 Å². The summed E-state index contributed by atoms with van der Waals surface area (Å²) in [5.74, 6) is 0.866. The van der Waals surface area contributed by atoms with Gasteiger partial charge in [0, 0.05) is 9.13 Å². The molecule has 0 aliphatic heterocycles. The highest BCUT2D eigenvalue weighted by atomic mass is 127. The number of hydrogen-bond donors (Lipinski definition) is 0. The first-order valence-corrected chi connectivity index (χ1v) is 11.8. The second-order valence-corrected chi connectivity index (χ2v) is 9.58. The van der Waals surface area contributed by atoms with Crippen LogP contribution in [0.3, 0.4) is 0 Å². The predicted octanol–water partition coefficient (Wildman–Crippen LogP) is 6.50. The molecule has 0 saturated heterocycles. The van der Waals surface area contributed by atoms with Gasteiger partial charge in [-0.3, -0.25) is 0 Å². The van der Waals surface area contributed by atoms with Crippen LogP contribution in [0.5, 0.6) is 5.75 Å². The quantitative estimate of drug-likeness (QED) is 0.159. The third-order valence-electron chi connectivity index (χ3n) is 3.95. The monoisotopic (exact) mass is 720 g/mol. The molecule has 4 nitrogen and oxygen atoms in total. The molecule has 3 aromatic rings. The molecule has 0 aliphatic rings. The highest BCUT2D eigenvalue weighted by Crippen LogP contribution is 2.29. The fourth-order valence-electron chi connectivity index (χ4n) is 2.49. The zero-order valence-corrected chi connectivity index (χ0v) is 21.6. The third kappa shape index (κ3) is 6.55. The maximum atomic E-state index is 9.11. The van der Waals surface area contributed by atoms with Crippen molar-refractivity contribution >= 4 is 74.0 Å². The van der Waals surface area contributed by atoms with Crippen molar-refractivity contribution in [3.05, 3.63) is 93.6 Å². The van der Waals surface area contributed by atoms with Crippen LogP contribution in [-0.2, 0) is 18.1 Å². The Morgan fingerprint density at radius 3 is 2.31 bits per heavy atom. The molecule has 0 saturated carbocycles. The van der Waals surface area contributed by atoms with Gasteiger partial charge in [-0.1, -0.05) is 35.5 Å². The summed E-state index contributed by atoms with van der Waals surface area (Å²) >= 11 is 6.83. The zero-order valence-electron chi connectivity index (χ0n) is 15.1. The van der Waals surface area contributed by atoms with Crippen molar-refractivity contribution < 1.29 is 9.57 Å². The fraction of sp³-hybridized carbons (Fsp3) is 0.0909. The van der Waals surface area contributed by atoms with E-state index in [9.17, 15) is 0 Å². The smallest absolute Gasteiger partial charge is 0.146 e. The Morgan fingerprint density at radius 2 is 1.62 bits per heavy atom. The Morgan fingerprint density at radius 1 is 0.931 bits per heavy atom. The lowest BCUT2D eigenvalue weighted by Crippen LogP contribution is -2.00. The van der Waals surface area contributed by atoms with Crippen LogP contribution in [0.4, 0.5) is 0 Å². The van der Waals surface area contributed by atoms with Gasteiger partial charge >= 0.3 is 0 Å². The summed E-state index contributed by atoms with van der Waals surface area (Å²) in [4.78, 5) is 5.37. The Kier molecular flexibility index (Phi) is 8.55. The first-order valence-electron chi connectivity index (χ1n) is 8.56. The number of rotatable bonds is 7. The highest BCUT2D eigenvalue weighted by Gasteiger charge is 2.09. The lowest BCUT2D eigenvalue weighted by molar-refractivity contribution is 0.132. The van der Waals surface area contributed by atoms with E-state index < -0.39 is 0 Å². The van der Waals surface area contributed by atoms with Crippen molar-refractivity contribution in [1.29, 1.82) is 5.26 Å². The molecule has 146 valence electrons. The van der Waals surface area contributed by atoms with Gasteiger partial charge in [-0.25, -0.2) is 0 Å². The zero-order chi connectivity index (χ0) is 20.6. The van der Waals surface area contributed by atoms with E-state index in [1.807, 2.05) is 30.3 Å². The normalized spacial score (nSPS) is 10.7. The van der Waals surface area contributed by atoms with Gasteiger partial charge in [-0.05, 0) is 109 Å². The summed E-state index contributed by atoms with van der Waals surface area (Å²) < 4.78 is 9.26. The first-order chi connectivity index (χ1) is 14.1. The van der Waals surface area contributed by atoms with Crippen LogP contribution >= 0.6 is 67.8 Å². The van der Waals surface area contributed by atoms with E-state index in [0.717, 1.165) is 29.6 Å². The van der Waals surface area contributed by atoms with E-state index in [-0.39, 0.29) is 6.61 Å². The third-order valence-corrected chi connectivity index (χ3v) is 6.27. The molecule has 0 amide bonds. The molecule has 3 rings (SSSR count). The van der Waals surface area contributed by atoms with E-state index in [1.165, 1.54) is 3.57 Å². The lowest BCUT2D eigenvalue weighted by Gasteiger charge is -2.11. The average molecular weight is 720 g/mol. The average Bonchev–Trinajstić information content (AvgIpc) is 2.72. The van der Waals surface area contributed by atoms with Crippen molar-refractivity contribution in [1.82, 2.24) is 0 Å². The first kappa shape index (κ1) is 22.3. The topological polar surface area (TPSA) is 54.6 Å². The van der Waals surface area contributed by atoms with Crippen LogP contribution in [-0.4, -0.2) is 6.21 Å². The van der Waals surface area contributed by atoms with E-state index in [1.54, 1.807) is 12.3 Å². The Bertz CT molecular complexity index is 1040. The van der Waals surface area contributed by atoms with Gasteiger partial charge in [-0.2, -0.15) is 5.26 Å². The number of halogens is 3. The predicted molar refractivity (Wildman–Crippen MR) is 139 cm³/mol. The van der Waals surface area contributed by atoms with Crippen molar-refractivity contribution in [2.75, 3.05) is 0 Å². The van der Waals surface area contributed by atoms with Crippen LogP contribution < -0.4 is 4.74 Å². The second-order valence-electron chi connectivity index (χ2n) is 6.01. The summed E-state index contributed by atoms with van der Waals surface area (Å²) in [5, 5.41) is 13.2. The molecule has 0 heterocycles. The molecule has 3 aromatic carbocycles. The lowest BCUT2D eigenvalue weighted by atomic mass is 10.1. The van der Waals surface area contributed by atoms with Gasteiger partial charge in [0.15, 0.2) is 0 Å². The summed E-state index contributed by atoms with van der Waals surface area (Å²) in [6.45, 7) is 0.781. The molecule has 7 heteroatoms. The molecule has 0 unspecified atom stereocenters. The standard InChI is InChI=1S/C22H15I3N2O2/c23-19-7-5-15(6-8-19)13-28-22-20(24)9-16(10-21(22)25)12-27-29-14-18-4-2-1-3-17(18)11-26/h1-10,12H,13-14H2/b27-12-. The van der Waals surface area contributed by atoms with Crippen LogP contribution in [0.2, 0.25) is 0 Å². The Hall–Kier alpha value is -1.39. The second kappa shape index (κ2) is 11.1. The highest BCUT2D eigenvalue weighted by molar-refractivity contribution is 14.1. The fourth-order valence-corrected chi connectivity index (χ4v) is 4.98. The van der Waals surface area contributed by atoms with Gasteiger partial charge in [-0.15, -0.1) is 0 Å². The molecule has 0 bridgehead atoms. The maximum absolute atomic E-state index is 9.11. The van der Waals surface area contributed by atoms with Crippen molar-refractivity contribution in [2.24, 2.45) is 5.16 Å². The number of ether oxygens (including phenoxy) is 1. The summed E-state index contributed by atoms with van der Waals surface area (Å²) in [5.41, 5.74) is 3.47. The molecular formula is C22H15I3N2O2. The SMILES string of the molecule is N#Cc1ccccc1CO/N=C\c1cc(I)c(OCc2ccc(I)cc2)c(I)c1. The van der Waals surface area contributed by atoms with Gasteiger partial charge < -0.3 is 9.57 Å². The number of nitrogens with zero attached hydrogens (tertiary/aromatic N) is 2. The molecule has 0 aliphatic carbocycles. The van der Waals surface area contributed by atoms with Gasteiger partial charge in [0.25, 0.3) is 0 Å². The minimum Gasteiger partial charge on any atom is -0.487 e. The van der Waals surface area contributed by atoms with Crippen LogP contribution in [0, 0.1) is 22.0 Å². The molecule has 0 spiro atoms. The Balaban J connectivity index is 1.61. The van der Waals surface area contributed by atoms with Crippen molar-refractivity contribution in [2.45, 2.75) is 13.2 Å². The van der Waals surface area contributed by atoms with E-state index in [4.69, 9.17) is 14.8 Å². The molecule has 0 atom stereocenters. The largest absolute Gasteiger partial charge is 0.487 e. The number of nitriles is 1. The maximum Gasteiger partial charge on any atom is 0.146 e. The van der Waals surface area contributed by atoms with Crippen LogP contribution in [0.25, 0.3) is 0 Å². The molecule has 0 radical (unpaired) electrons. The summed E-state index contributed by atoms with van der Waals surface area (Å²) in [6.07, 6.45) is 1.67. The molecular weight excluding hydrogens is 705 g/mol. The number of oxime groups is 1. The van der Waals surface area contributed by atoms with Gasteiger partial charge in [0.05, 0.1) is 25.0 Å². The molecule has 0 aromatic heterocycles. The van der Waals surface area contributed by atoms with Gasteiger partial charge in [0.2, 0.25) is 0 Å². The van der Waals surface area contributed by atoms with Crippen LogP contribution in [0.15, 0.2) is 65.8 Å². The molecule has 0 fully saturated rings. The molecule has 29 heavy (non-hydrogen) atoms. The minimum absolute atomic E-state index is 0.256. The minimum atomic E-state index is 0.256. The van der Waals surface area contributed by atoms with E-state index in [0.29, 0.717) is 12.2 Å².